The molecule has 17 nitrogen and oxygen atoms in total. The van der Waals surface area contributed by atoms with Gasteiger partial charge < -0.3 is 48.1 Å². The normalized spacial score (nSPS) is 20.0. The van der Waals surface area contributed by atoms with Crippen LogP contribution in [0.5, 0.6) is 23.0 Å². The quantitative estimate of drug-likeness (QED) is 0.0759. The summed E-state index contributed by atoms with van der Waals surface area (Å²) in [5.41, 5.74) is 3.34. The van der Waals surface area contributed by atoms with Crippen molar-refractivity contribution in [3.8, 4) is 23.0 Å². The number of aliphatic hydroxyl groups is 1. The molecule has 3 aromatic carbocycles. The molecule has 1 saturated carbocycles. The number of hydrogen-bond donors (Lipinski definition) is 1. The Kier molecular flexibility index (Phi) is 12.8. The summed E-state index contributed by atoms with van der Waals surface area (Å²) in [5.74, 6) is -0.0339. The lowest BCUT2D eigenvalue weighted by molar-refractivity contribution is -0.142. The predicted molar refractivity (Wildman–Crippen MR) is 236 cm³/mol. The van der Waals surface area contributed by atoms with Gasteiger partial charge in [-0.25, -0.2) is 14.5 Å². The highest BCUT2D eigenvalue weighted by molar-refractivity contribution is 6.07. The lowest BCUT2D eigenvalue weighted by atomic mass is 10.0. The maximum absolute atomic E-state index is 14.3. The molecule has 4 heterocycles. The van der Waals surface area contributed by atoms with E-state index in [1.807, 2.05) is 24.3 Å². The summed E-state index contributed by atoms with van der Waals surface area (Å²) < 4.78 is 39.8. The molecule has 342 valence electrons. The zero-order chi connectivity index (χ0) is 46.0. The van der Waals surface area contributed by atoms with E-state index in [-0.39, 0.29) is 108 Å². The molecule has 8 rings (SSSR count). The molecular formula is C48H52N4O13. The van der Waals surface area contributed by atoms with E-state index in [1.165, 1.54) is 50.3 Å². The average molecular weight is 893 g/mol. The fourth-order valence-corrected chi connectivity index (χ4v) is 8.91. The molecule has 0 bridgehead atoms. The Morgan fingerprint density at radius 1 is 0.815 bits per heavy atom. The standard InChI is InChI=1S/C48H52N4O13/c1-6-15-63-46(57)50-26-33-19-32(31-11-9-30(10-12-31)27-65-29(3)53)25-49(33)43(54)34-20-39(59-4)41(22-36(34)50)61-17-8-18-62-42-23-37-35(21-40(42)60-5)44(55)51-28-48(13-14-48)24-38(51)45(56)52(37)47(58)64-16-7-2/h6-7,9-12,20-23,25,33,38,45,56H,1-2,8,13-19,24,26-28H2,3-5H3/t33-,38+,45?/m0/s1. The Labute approximate surface area is 376 Å². The van der Waals surface area contributed by atoms with Crippen LogP contribution in [-0.2, 0) is 25.6 Å². The monoisotopic (exact) mass is 892 g/mol. The maximum Gasteiger partial charge on any atom is 0.416 e. The Bertz CT molecular complexity index is 2430. The Morgan fingerprint density at radius 2 is 1.43 bits per heavy atom. The lowest BCUT2D eigenvalue weighted by Crippen LogP contribution is -2.50. The minimum atomic E-state index is -1.37. The molecule has 1 saturated heterocycles. The third kappa shape index (κ3) is 8.92. The van der Waals surface area contributed by atoms with E-state index >= 15 is 0 Å². The number of nitrogens with zero attached hydrogens (tertiary/aromatic N) is 4. The summed E-state index contributed by atoms with van der Waals surface area (Å²) in [7, 11) is 2.90. The van der Waals surface area contributed by atoms with Crippen LogP contribution in [0.25, 0.3) is 5.57 Å². The smallest absolute Gasteiger partial charge is 0.416 e. The topological polar surface area (TPSA) is 183 Å². The SMILES string of the molecule is C=CCOC(=O)N1C[C@@H]2CC(c3ccc(COC(C)=O)cc3)=CN2C(=O)c2cc(OC)c(OCCCOc3cc4c(cc3OC)C(=O)N3CC5(CC5)C[C@@H]3C(O)N4C(=O)OCC=C)cc21. The highest BCUT2D eigenvalue weighted by Crippen LogP contribution is 2.57. The first-order chi connectivity index (χ1) is 31.4. The van der Waals surface area contributed by atoms with Crippen LogP contribution < -0.4 is 28.7 Å². The largest absolute Gasteiger partial charge is 0.493 e. The minimum Gasteiger partial charge on any atom is -0.493 e. The van der Waals surface area contributed by atoms with Gasteiger partial charge >= 0.3 is 18.2 Å². The highest BCUT2D eigenvalue weighted by atomic mass is 16.6. The van der Waals surface area contributed by atoms with Gasteiger partial charge in [-0.2, -0.15) is 0 Å². The van der Waals surface area contributed by atoms with Crippen LogP contribution in [0.1, 0.15) is 70.9 Å². The van der Waals surface area contributed by atoms with Crippen LogP contribution in [0.2, 0.25) is 0 Å². The van der Waals surface area contributed by atoms with E-state index in [2.05, 4.69) is 13.2 Å². The summed E-state index contributed by atoms with van der Waals surface area (Å²) in [6, 6.07) is 12.7. The first kappa shape index (κ1) is 44.6. The fourth-order valence-electron chi connectivity index (χ4n) is 8.91. The molecule has 3 aromatic rings. The van der Waals surface area contributed by atoms with Crippen LogP contribution >= 0.6 is 0 Å². The van der Waals surface area contributed by atoms with Crippen LogP contribution in [0.3, 0.4) is 0 Å². The molecule has 1 N–H and O–H groups in total. The van der Waals surface area contributed by atoms with Crippen molar-refractivity contribution in [2.75, 3.05) is 63.5 Å². The molecular weight excluding hydrogens is 841 g/mol. The Balaban J connectivity index is 0.996. The number of hydrogen-bond acceptors (Lipinski definition) is 13. The third-order valence-electron chi connectivity index (χ3n) is 12.4. The Morgan fingerprint density at radius 3 is 2.03 bits per heavy atom. The van der Waals surface area contributed by atoms with Crippen molar-refractivity contribution in [3.05, 3.63) is 102 Å². The van der Waals surface area contributed by atoms with E-state index in [0.29, 0.717) is 25.8 Å². The van der Waals surface area contributed by atoms with Gasteiger partial charge in [-0.3, -0.25) is 19.3 Å². The van der Waals surface area contributed by atoms with Gasteiger partial charge in [0, 0.05) is 38.2 Å². The molecule has 5 aliphatic rings. The molecule has 1 unspecified atom stereocenters. The number of fused-ring (bicyclic) bond motifs is 4. The number of amides is 4. The van der Waals surface area contributed by atoms with Gasteiger partial charge in [0.2, 0.25) is 0 Å². The second-order valence-electron chi connectivity index (χ2n) is 16.6. The van der Waals surface area contributed by atoms with Gasteiger partial charge in [0.15, 0.2) is 29.2 Å². The molecule has 1 spiro atoms. The van der Waals surface area contributed by atoms with E-state index in [9.17, 15) is 29.1 Å². The zero-order valence-corrected chi connectivity index (χ0v) is 36.6. The van der Waals surface area contributed by atoms with Crippen molar-refractivity contribution in [1.29, 1.82) is 0 Å². The number of anilines is 2. The van der Waals surface area contributed by atoms with E-state index < -0.39 is 30.5 Å². The number of benzene rings is 3. The molecule has 4 amide bonds. The average Bonchev–Trinajstić information content (AvgIpc) is 3.81. The summed E-state index contributed by atoms with van der Waals surface area (Å²) in [4.78, 5) is 72.6. The van der Waals surface area contributed by atoms with Gasteiger partial charge in [-0.05, 0) is 59.9 Å². The minimum absolute atomic E-state index is 0.0430. The fraction of sp³-hybridized carbons (Fsp3) is 0.396. The van der Waals surface area contributed by atoms with Crippen molar-refractivity contribution < 1.29 is 62.2 Å². The lowest BCUT2D eigenvalue weighted by Gasteiger charge is -2.31. The van der Waals surface area contributed by atoms with Crippen molar-refractivity contribution in [2.24, 2.45) is 5.41 Å². The second kappa shape index (κ2) is 18.6. The predicted octanol–water partition coefficient (Wildman–Crippen LogP) is 6.47. The summed E-state index contributed by atoms with van der Waals surface area (Å²) in [6.07, 6.45) is 5.06. The highest BCUT2D eigenvalue weighted by Gasteiger charge is 2.58. The van der Waals surface area contributed by atoms with Crippen molar-refractivity contribution in [2.45, 2.75) is 63.9 Å². The van der Waals surface area contributed by atoms with Gasteiger partial charge in [0.25, 0.3) is 11.8 Å². The van der Waals surface area contributed by atoms with Gasteiger partial charge in [0.1, 0.15) is 19.8 Å². The molecule has 1 aliphatic carbocycles. The summed E-state index contributed by atoms with van der Waals surface area (Å²) in [6.45, 7) is 9.45. The van der Waals surface area contributed by atoms with E-state index in [0.717, 1.165) is 34.4 Å². The van der Waals surface area contributed by atoms with Crippen LogP contribution in [0, 0.1) is 5.41 Å². The van der Waals surface area contributed by atoms with Gasteiger partial charge in [-0.15, -0.1) is 0 Å². The van der Waals surface area contributed by atoms with Crippen molar-refractivity contribution in [3.63, 3.8) is 0 Å². The first-order valence-corrected chi connectivity index (χ1v) is 21.5. The molecule has 65 heavy (non-hydrogen) atoms. The third-order valence-corrected chi connectivity index (χ3v) is 12.4. The number of carbonyl (C=O) groups is 5. The number of carbonyl (C=O) groups excluding carboxylic acids is 5. The number of aliphatic hydroxyl groups excluding tert-OH is 1. The molecule has 0 aromatic heterocycles. The van der Waals surface area contributed by atoms with Crippen molar-refractivity contribution >= 4 is 46.9 Å². The number of ether oxygens (including phenoxy) is 7. The molecule has 4 aliphatic heterocycles. The van der Waals surface area contributed by atoms with Crippen LogP contribution in [0.4, 0.5) is 21.0 Å². The van der Waals surface area contributed by atoms with E-state index in [4.69, 9.17) is 33.2 Å². The zero-order valence-electron chi connectivity index (χ0n) is 36.6. The summed E-state index contributed by atoms with van der Waals surface area (Å²) in [5, 5.41) is 11.7. The summed E-state index contributed by atoms with van der Waals surface area (Å²) >= 11 is 0. The van der Waals surface area contributed by atoms with Gasteiger partial charge in [-0.1, -0.05) is 49.6 Å². The molecule has 0 radical (unpaired) electrons. The number of rotatable bonds is 15. The van der Waals surface area contributed by atoms with Crippen molar-refractivity contribution in [1.82, 2.24) is 9.80 Å². The van der Waals surface area contributed by atoms with Gasteiger partial charge in [0.05, 0.1) is 68.6 Å². The number of esters is 1. The number of methoxy groups -OCH3 is 2. The van der Waals surface area contributed by atoms with Crippen LogP contribution in [0.15, 0.2) is 80.0 Å². The molecule has 17 heteroatoms. The van der Waals surface area contributed by atoms with E-state index in [1.54, 1.807) is 28.1 Å². The Hall–Kier alpha value is -7.01. The molecule has 3 atom stereocenters. The maximum atomic E-state index is 14.3. The molecule has 2 fully saturated rings. The first-order valence-electron chi connectivity index (χ1n) is 21.5. The van der Waals surface area contributed by atoms with Crippen LogP contribution in [-0.4, -0.2) is 117 Å². The second-order valence-corrected chi connectivity index (χ2v) is 16.6.